The second-order valence-electron chi connectivity index (χ2n) is 6.26. The minimum atomic E-state index is 0.687. The molecule has 0 amide bonds. The molecule has 1 heterocycles. The Kier molecular flexibility index (Phi) is 6.37. The van der Waals surface area contributed by atoms with Gasteiger partial charge in [0.25, 0.3) is 0 Å². The fourth-order valence-corrected chi connectivity index (χ4v) is 4.05. The fourth-order valence-electron chi connectivity index (χ4n) is 2.04. The van der Waals surface area contributed by atoms with Crippen LogP contribution < -0.4 is 5.32 Å². The lowest BCUT2D eigenvalue weighted by Gasteiger charge is -2.05. The zero-order chi connectivity index (χ0) is 14.5. The third kappa shape index (κ3) is 5.38. The zero-order valence-corrected chi connectivity index (χ0v) is 14.9. The first-order valence-electron chi connectivity index (χ1n) is 7.90. The molecule has 2 nitrogen and oxygen atoms in total. The van der Waals surface area contributed by atoms with Crippen LogP contribution in [0.25, 0.3) is 0 Å². The molecule has 0 saturated heterocycles. The molecule has 2 rings (SSSR count). The SMILES string of the molecule is CCC(C)SCc1nc(CC(C)C)c(CNC2CC2)s1. The van der Waals surface area contributed by atoms with Crippen molar-refractivity contribution < 1.29 is 0 Å². The molecule has 1 aromatic heterocycles. The Labute approximate surface area is 132 Å². The van der Waals surface area contributed by atoms with Crippen molar-refractivity contribution in [3.05, 3.63) is 15.6 Å². The summed E-state index contributed by atoms with van der Waals surface area (Å²) in [5.74, 6) is 1.76. The summed E-state index contributed by atoms with van der Waals surface area (Å²) in [5, 5.41) is 5.69. The molecule has 1 aromatic rings. The van der Waals surface area contributed by atoms with Crippen molar-refractivity contribution in [3.63, 3.8) is 0 Å². The molecular weight excluding hydrogens is 284 g/mol. The highest BCUT2D eigenvalue weighted by Gasteiger charge is 2.21. The largest absolute Gasteiger partial charge is 0.309 e. The van der Waals surface area contributed by atoms with E-state index in [9.17, 15) is 0 Å². The number of nitrogens with zero attached hydrogens (tertiary/aromatic N) is 1. The van der Waals surface area contributed by atoms with E-state index in [1.54, 1.807) is 0 Å². The molecule has 0 bridgehead atoms. The second-order valence-corrected chi connectivity index (χ2v) is 8.86. The van der Waals surface area contributed by atoms with Crippen molar-refractivity contribution in [2.45, 2.75) is 77.0 Å². The number of hydrogen-bond acceptors (Lipinski definition) is 4. The average Bonchev–Trinajstić information content (AvgIpc) is 3.16. The molecule has 1 saturated carbocycles. The number of hydrogen-bond donors (Lipinski definition) is 1. The summed E-state index contributed by atoms with van der Waals surface area (Å²) in [6.45, 7) is 10.2. The Balaban J connectivity index is 1.96. The van der Waals surface area contributed by atoms with Gasteiger partial charge in [-0.1, -0.05) is 27.7 Å². The van der Waals surface area contributed by atoms with Crippen LogP contribution in [-0.2, 0) is 18.7 Å². The van der Waals surface area contributed by atoms with E-state index in [-0.39, 0.29) is 0 Å². The van der Waals surface area contributed by atoms with Crippen molar-refractivity contribution in [3.8, 4) is 0 Å². The van der Waals surface area contributed by atoms with E-state index >= 15 is 0 Å². The highest BCUT2D eigenvalue weighted by molar-refractivity contribution is 7.99. The number of thioether (sulfide) groups is 1. The average molecular weight is 313 g/mol. The molecule has 1 aliphatic rings. The minimum absolute atomic E-state index is 0.687. The normalized spacial score (nSPS) is 16.9. The van der Waals surface area contributed by atoms with Crippen molar-refractivity contribution in [1.82, 2.24) is 10.3 Å². The number of nitrogens with one attached hydrogen (secondary N) is 1. The quantitative estimate of drug-likeness (QED) is 0.720. The van der Waals surface area contributed by atoms with Gasteiger partial charge in [-0.25, -0.2) is 4.98 Å². The van der Waals surface area contributed by atoms with Gasteiger partial charge in [-0.05, 0) is 31.6 Å². The van der Waals surface area contributed by atoms with Gasteiger partial charge in [-0.3, -0.25) is 0 Å². The smallest absolute Gasteiger partial charge is 0.103 e. The summed E-state index contributed by atoms with van der Waals surface area (Å²) in [5.41, 5.74) is 1.35. The zero-order valence-electron chi connectivity index (χ0n) is 13.2. The third-order valence-corrected chi connectivity index (χ3v) is 6.24. The van der Waals surface area contributed by atoms with Gasteiger partial charge in [-0.15, -0.1) is 11.3 Å². The maximum Gasteiger partial charge on any atom is 0.103 e. The van der Waals surface area contributed by atoms with Crippen molar-refractivity contribution in [2.75, 3.05) is 0 Å². The lowest BCUT2D eigenvalue weighted by Crippen LogP contribution is -2.15. The molecule has 1 fully saturated rings. The van der Waals surface area contributed by atoms with Crippen molar-refractivity contribution in [2.24, 2.45) is 5.92 Å². The molecule has 1 atom stereocenters. The molecule has 0 spiro atoms. The van der Waals surface area contributed by atoms with E-state index in [1.807, 2.05) is 23.1 Å². The predicted molar refractivity (Wildman–Crippen MR) is 91.6 cm³/mol. The Morgan fingerprint density at radius 1 is 1.35 bits per heavy atom. The summed E-state index contributed by atoms with van der Waals surface area (Å²) < 4.78 is 0. The fraction of sp³-hybridized carbons (Fsp3) is 0.812. The van der Waals surface area contributed by atoms with Crippen LogP contribution in [0.15, 0.2) is 0 Å². The maximum atomic E-state index is 4.91. The van der Waals surface area contributed by atoms with E-state index in [0.29, 0.717) is 5.92 Å². The summed E-state index contributed by atoms with van der Waals surface area (Å²) in [6, 6.07) is 0.780. The van der Waals surface area contributed by atoms with E-state index in [1.165, 1.54) is 34.8 Å². The third-order valence-electron chi connectivity index (χ3n) is 3.62. The monoisotopic (exact) mass is 312 g/mol. The topological polar surface area (TPSA) is 24.9 Å². The lowest BCUT2D eigenvalue weighted by molar-refractivity contribution is 0.623. The molecule has 4 heteroatoms. The molecule has 1 unspecified atom stereocenters. The highest BCUT2D eigenvalue weighted by Crippen LogP contribution is 2.28. The standard InChI is InChI=1S/C16H28N2S2/c1-5-12(4)19-10-16-18-14(8-11(2)3)15(20-16)9-17-13-6-7-13/h11-13,17H,5-10H2,1-4H3. The molecule has 114 valence electrons. The Bertz CT molecular complexity index is 411. The lowest BCUT2D eigenvalue weighted by atomic mass is 10.1. The summed E-state index contributed by atoms with van der Waals surface area (Å²) >= 11 is 3.96. The number of thiazole rings is 1. The second kappa shape index (κ2) is 7.81. The van der Waals surface area contributed by atoms with Gasteiger partial charge in [0.15, 0.2) is 0 Å². The molecule has 1 N–H and O–H groups in total. The first-order valence-corrected chi connectivity index (χ1v) is 9.77. The van der Waals surface area contributed by atoms with E-state index < -0.39 is 0 Å². The summed E-state index contributed by atoms with van der Waals surface area (Å²) in [4.78, 5) is 6.39. The Morgan fingerprint density at radius 3 is 2.70 bits per heavy atom. The first kappa shape index (κ1) is 16.3. The molecule has 0 aliphatic heterocycles. The van der Waals surface area contributed by atoms with Crippen molar-refractivity contribution >= 4 is 23.1 Å². The van der Waals surface area contributed by atoms with E-state index in [4.69, 9.17) is 4.98 Å². The van der Waals surface area contributed by atoms with Crippen LogP contribution in [0.2, 0.25) is 0 Å². The molecular formula is C16H28N2S2. The van der Waals surface area contributed by atoms with Crippen molar-refractivity contribution in [1.29, 1.82) is 0 Å². The summed E-state index contributed by atoms with van der Waals surface area (Å²) in [7, 11) is 0. The van der Waals surface area contributed by atoms with E-state index in [0.717, 1.165) is 30.0 Å². The van der Waals surface area contributed by atoms with Gasteiger partial charge >= 0.3 is 0 Å². The molecule has 0 radical (unpaired) electrons. The molecule has 1 aliphatic carbocycles. The molecule has 0 aromatic carbocycles. The van der Waals surface area contributed by atoms with Crippen LogP contribution in [0, 0.1) is 5.92 Å². The summed E-state index contributed by atoms with van der Waals surface area (Å²) in [6.07, 6.45) is 5.07. The van der Waals surface area contributed by atoms with Crippen LogP contribution in [0.1, 0.15) is 62.5 Å². The first-order chi connectivity index (χ1) is 9.58. The minimum Gasteiger partial charge on any atom is -0.309 e. The van der Waals surface area contributed by atoms with E-state index in [2.05, 4.69) is 33.0 Å². The highest BCUT2D eigenvalue weighted by atomic mass is 32.2. The number of aromatic nitrogens is 1. The van der Waals surface area contributed by atoms with Crippen LogP contribution >= 0.6 is 23.1 Å². The van der Waals surface area contributed by atoms with Gasteiger partial charge in [-0.2, -0.15) is 11.8 Å². The van der Waals surface area contributed by atoms with Gasteiger partial charge in [0, 0.05) is 28.5 Å². The van der Waals surface area contributed by atoms with Crippen LogP contribution in [0.3, 0.4) is 0 Å². The van der Waals surface area contributed by atoms with Crippen LogP contribution in [0.4, 0.5) is 0 Å². The van der Waals surface area contributed by atoms with Gasteiger partial charge in [0.2, 0.25) is 0 Å². The van der Waals surface area contributed by atoms with Gasteiger partial charge in [0.1, 0.15) is 5.01 Å². The molecule has 20 heavy (non-hydrogen) atoms. The van der Waals surface area contributed by atoms with Gasteiger partial charge in [0.05, 0.1) is 5.69 Å². The number of rotatable bonds is 9. The Hall–Kier alpha value is -0.0600. The maximum absolute atomic E-state index is 4.91. The van der Waals surface area contributed by atoms with Gasteiger partial charge < -0.3 is 5.32 Å². The van der Waals surface area contributed by atoms with Crippen LogP contribution in [0.5, 0.6) is 0 Å². The van der Waals surface area contributed by atoms with Crippen LogP contribution in [-0.4, -0.2) is 16.3 Å². The predicted octanol–water partition coefficient (Wildman–Crippen LogP) is 4.63. The Morgan fingerprint density at radius 2 is 2.10 bits per heavy atom.